The lowest BCUT2D eigenvalue weighted by atomic mass is 10.2. The van der Waals surface area contributed by atoms with Gasteiger partial charge in [-0.15, -0.1) is 0 Å². The highest BCUT2D eigenvalue weighted by Crippen LogP contribution is 2.71. The molecular weight excluding hydrogens is 334 g/mol. The van der Waals surface area contributed by atoms with Gasteiger partial charge < -0.3 is 10.0 Å². The van der Waals surface area contributed by atoms with Crippen molar-refractivity contribution in [3.8, 4) is 0 Å². The third-order valence-corrected chi connectivity index (χ3v) is 5.04. The van der Waals surface area contributed by atoms with Crippen molar-refractivity contribution in [3.63, 3.8) is 0 Å². The van der Waals surface area contributed by atoms with Crippen molar-refractivity contribution in [2.24, 2.45) is 11.3 Å². The molecule has 1 spiro atoms. The van der Waals surface area contributed by atoms with Crippen LogP contribution in [0.5, 0.6) is 0 Å². The first-order valence-electron chi connectivity index (χ1n) is 7.25. The van der Waals surface area contributed by atoms with Crippen LogP contribution in [-0.4, -0.2) is 28.4 Å². The first-order valence-corrected chi connectivity index (χ1v) is 8.04. The Labute approximate surface area is 132 Å². The lowest BCUT2D eigenvalue weighted by molar-refractivity contribution is -0.139. The van der Waals surface area contributed by atoms with E-state index in [-0.39, 0.29) is 24.8 Å². The number of carbonyl (C=O) groups excluding carboxylic acids is 1. The van der Waals surface area contributed by atoms with Crippen LogP contribution in [0.2, 0.25) is 0 Å². The van der Waals surface area contributed by atoms with Crippen LogP contribution < -0.4 is 0 Å². The van der Waals surface area contributed by atoms with Crippen LogP contribution in [0.15, 0.2) is 28.7 Å². The number of halogens is 1. The van der Waals surface area contributed by atoms with Gasteiger partial charge in [-0.1, -0.05) is 28.1 Å². The van der Waals surface area contributed by atoms with Gasteiger partial charge in [0.25, 0.3) is 0 Å². The fraction of sp³-hybridized carbons (Fsp3) is 0.500. The second-order valence-corrected chi connectivity index (χ2v) is 7.07. The Balaban J connectivity index is 1.69. The van der Waals surface area contributed by atoms with E-state index in [2.05, 4.69) is 15.9 Å². The van der Waals surface area contributed by atoms with E-state index >= 15 is 0 Å². The maximum Gasteiger partial charge on any atom is 0.305 e. The molecule has 1 aromatic rings. The number of hydrogen-bond donors (Lipinski definition) is 1. The minimum Gasteiger partial charge on any atom is -0.481 e. The molecule has 3 rings (SSSR count). The van der Waals surface area contributed by atoms with Gasteiger partial charge in [-0.2, -0.15) is 0 Å². The van der Waals surface area contributed by atoms with Crippen LogP contribution in [0, 0.1) is 11.3 Å². The van der Waals surface area contributed by atoms with Crippen molar-refractivity contribution in [2.45, 2.75) is 32.2 Å². The van der Waals surface area contributed by atoms with Crippen LogP contribution in [-0.2, 0) is 16.1 Å². The third kappa shape index (κ3) is 3.28. The van der Waals surface area contributed by atoms with Crippen molar-refractivity contribution in [1.29, 1.82) is 0 Å². The van der Waals surface area contributed by atoms with Crippen molar-refractivity contribution in [2.75, 3.05) is 6.54 Å². The Morgan fingerprint density at radius 1 is 1.38 bits per heavy atom. The number of benzene rings is 1. The number of aliphatic carboxylic acids is 1. The number of carbonyl (C=O) groups is 2. The summed E-state index contributed by atoms with van der Waals surface area (Å²) in [5.74, 6) is -0.592. The van der Waals surface area contributed by atoms with E-state index in [1.54, 1.807) is 4.90 Å². The van der Waals surface area contributed by atoms with E-state index < -0.39 is 5.97 Å². The van der Waals surface area contributed by atoms with E-state index in [4.69, 9.17) is 5.11 Å². The van der Waals surface area contributed by atoms with Gasteiger partial charge in [-0.3, -0.25) is 9.59 Å². The highest BCUT2D eigenvalue weighted by molar-refractivity contribution is 9.10. The lowest BCUT2D eigenvalue weighted by Crippen LogP contribution is -2.34. The summed E-state index contributed by atoms with van der Waals surface area (Å²) in [6, 6.07) is 7.80. The molecule has 2 fully saturated rings. The zero-order chi connectivity index (χ0) is 15.0. The molecule has 0 aromatic heterocycles. The smallest absolute Gasteiger partial charge is 0.305 e. The summed E-state index contributed by atoms with van der Waals surface area (Å²) in [4.78, 5) is 25.1. The van der Waals surface area contributed by atoms with Gasteiger partial charge in [-0.25, -0.2) is 0 Å². The molecule has 1 aromatic carbocycles. The van der Waals surface area contributed by atoms with Crippen LogP contribution in [0.3, 0.4) is 0 Å². The van der Waals surface area contributed by atoms with E-state index in [1.807, 2.05) is 24.3 Å². The van der Waals surface area contributed by atoms with E-state index in [0.29, 0.717) is 12.0 Å². The Bertz CT molecular complexity index is 583. The molecule has 0 bridgehead atoms. The largest absolute Gasteiger partial charge is 0.481 e. The van der Waals surface area contributed by atoms with Gasteiger partial charge in [0, 0.05) is 23.5 Å². The monoisotopic (exact) mass is 351 g/mol. The molecule has 1 amide bonds. The van der Waals surface area contributed by atoms with Crippen molar-refractivity contribution >= 4 is 27.8 Å². The van der Waals surface area contributed by atoms with Gasteiger partial charge in [0.2, 0.25) is 5.91 Å². The summed E-state index contributed by atoms with van der Waals surface area (Å²) >= 11 is 3.42. The maximum absolute atomic E-state index is 12.6. The Kier molecular flexibility index (Phi) is 3.78. The molecule has 21 heavy (non-hydrogen) atoms. The summed E-state index contributed by atoms with van der Waals surface area (Å²) in [5, 5.41) is 8.88. The second-order valence-electron chi connectivity index (χ2n) is 6.15. The summed E-state index contributed by atoms with van der Waals surface area (Å²) in [6.07, 6.45) is 3.31. The molecule has 4 nitrogen and oxygen atoms in total. The summed E-state index contributed by atoms with van der Waals surface area (Å²) < 4.78 is 0.968. The zero-order valence-electron chi connectivity index (χ0n) is 11.7. The highest BCUT2D eigenvalue weighted by atomic mass is 79.9. The summed E-state index contributed by atoms with van der Waals surface area (Å²) in [5.41, 5.74) is 1.32. The molecule has 2 aliphatic carbocycles. The number of hydrogen-bond acceptors (Lipinski definition) is 2. The predicted octanol–water partition coefficient (Wildman–Crippen LogP) is 3.05. The molecule has 112 valence electrons. The minimum atomic E-state index is -0.862. The summed E-state index contributed by atoms with van der Waals surface area (Å²) in [7, 11) is 0. The van der Waals surface area contributed by atoms with Crippen LogP contribution >= 0.6 is 15.9 Å². The van der Waals surface area contributed by atoms with E-state index in [1.165, 1.54) is 0 Å². The average molecular weight is 352 g/mol. The van der Waals surface area contributed by atoms with Gasteiger partial charge in [0.1, 0.15) is 0 Å². The minimum absolute atomic E-state index is 0.000533. The Hall–Kier alpha value is -1.36. The molecule has 1 N–H and O–H groups in total. The number of carboxylic acids is 1. The van der Waals surface area contributed by atoms with Crippen LogP contribution in [0.4, 0.5) is 0 Å². The number of nitrogens with zero attached hydrogens (tertiary/aromatic N) is 1. The molecule has 0 radical (unpaired) electrons. The number of amides is 1. The van der Waals surface area contributed by atoms with E-state index in [0.717, 1.165) is 29.3 Å². The van der Waals surface area contributed by atoms with Crippen LogP contribution in [0.1, 0.15) is 31.2 Å². The molecule has 2 saturated carbocycles. The van der Waals surface area contributed by atoms with Crippen molar-refractivity contribution < 1.29 is 14.7 Å². The topological polar surface area (TPSA) is 57.6 Å². The molecule has 0 saturated heterocycles. The average Bonchev–Trinajstić information content (AvgIpc) is 3.34. The second kappa shape index (κ2) is 5.44. The van der Waals surface area contributed by atoms with Gasteiger partial charge in [-0.05, 0) is 42.4 Å². The molecule has 5 heteroatoms. The molecular formula is C16H18BrNO3. The quantitative estimate of drug-likeness (QED) is 0.856. The first kappa shape index (κ1) is 14.6. The van der Waals surface area contributed by atoms with E-state index in [9.17, 15) is 9.59 Å². The normalized spacial score (nSPS) is 21.1. The van der Waals surface area contributed by atoms with Gasteiger partial charge in [0.15, 0.2) is 0 Å². The Morgan fingerprint density at radius 3 is 2.71 bits per heavy atom. The first-order chi connectivity index (χ1) is 10.00. The van der Waals surface area contributed by atoms with Crippen molar-refractivity contribution in [1.82, 2.24) is 4.90 Å². The molecule has 1 atom stereocenters. The fourth-order valence-electron chi connectivity index (χ4n) is 2.98. The third-order valence-electron chi connectivity index (χ3n) is 4.55. The fourth-order valence-corrected chi connectivity index (χ4v) is 3.43. The SMILES string of the molecule is O=C(O)CCN(Cc1cccc(Br)c1)C(=O)C1CC12CC2. The lowest BCUT2D eigenvalue weighted by Gasteiger charge is -2.22. The number of carboxylic acid groups (broad SMARTS) is 1. The molecule has 1 unspecified atom stereocenters. The molecule has 0 heterocycles. The number of rotatable bonds is 6. The van der Waals surface area contributed by atoms with Crippen LogP contribution in [0.25, 0.3) is 0 Å². The summed E-state index contributed by atoms with van der Waals surface area (Å²) in [6.45, 7) is 0.769. The van der Waals surface area contributed by atoms with Gasteiger partial charge >= 0.3 is 5.97 Å². The van der Waals surface area contributed by atoms with Gasteiger partial charge in [0.05, 0.1) is 6.42 Å². The standard InChI is InChI=1S/C16H18BrNO3/c17-12-3-1-2-11(8-12)10-18(7-4-14(19)20)15(21)13-9-16(13)5-6-16/h1-3,8,13H,4-7,9-10H2,(H,19,20). The molecule has 0 aliphatic heterocycles. The Morgan fingerprint density at radius 2 is 2.14 bits per heavy atom. The van der Waals surface area contributed by atoms with Crippen molar-refractivity contribution in [3.05, 3.63) is 34.3 Å². The predicted molar refractivity (Wildman–Crippen MR) is 81.6 cm³/mol. The zero-order valence-corrected chi connectivity index (χ0v) is 13.3. The molecule has 2 aliphatic rings. The maximum atomic E-state index is 12.6. The highest BCUT2D eigenvalue weighted by Gasteiger charge is 2.66.